The summed E-state index contributed by atoms with van der Waals surface area (Å²) in [5.41, 5.74) is 1.53. The van der Waals surface area contributed by atoms with Crippen molar-refractivity contribution >= 4 is 5.91 Å². The molecule has 0 spiro atoms. The number of aromatic amines is 1. The lowest BCUT2D eigenvalue weighted by molar-refractivity contribution is -0.0383. The second-order valence-electron chi connectivity index (χ2n) is 6.71. The number of carbonyl (C=O) groups excluding carboxylic acids is 1. The van der Waals surface area contributed by atoms with Crippen molar-refractivity contribution in [1.29, 1.82) is 0 Å². The summed E-state index contributed by atoms with van der Waals surface area (Å²) in [5, 5.41) is 16.9. The molecule has 2 N–H and O–H groups in total. The number of H-pyrrole nitrogens is 1. The number of aliphatic hydroxyl groups is 1. The van der Waals surface area contributed by atoms with Crippen LogP contribution in [0.5, 0.6) is 0 Å². The van der Waals surface area contributed by atoms with E-state index in [2.05, 4.69) is 15.2 Å². The maximum Gasteiger partial charge on any atom is 0.254 e. The Hall–Kier alpha value is -2.25. The van der Waals surface area contributed by atoms with E-state index in [-0.39, 0.29) is 24.0 Å². The molecule has 1 aliphatic carbocycles. The van der Waals surface area contributed by atoms with E-state index in [9.17, 15) is 9.90 Å². The van der Waals surface area contributed by atoms with Crippen molar-refractivity contribution in [3.63, 3.8) is 0 Å². The molecule has 1 aliphatic heterocycles. The molecule has 0 unspecified atom stereocenters. The Labute approximate surface area is 146 Å². The zero-order valence-electron chi connectivity index (χ0n) is 14.0. The van der Waals surface area contributed by atoms with Crippen LogP contribution in [-0.4, -0.2) is 63.0 Å². The minimum atomic E-state index is -0.337. The maximum atomic E-state index is 13.0. The maximum absolute atomic E-state index is 13.0. The van der Waals surface area contributed by atoms with Crippen LogP contribution in [0.25, 0.3) is 11.4 Å². The van der Waals surface area contributed by atoms with E-state index in [1.165, 1.54) is 6.33 Å². The molecule has 0 bridgehead atoms. The van der Waals surface area contributed by atoms with E-state index >= 15 is 0 Å². The topological polar surface area (TPSA) is 91.3 Å². The Balaban J connectivity index is 1.54. The molecular weight excluding hydrogens is 320 g/mol. The SMILES string of the molecule is O=C(c1ccc(-c2ncn[nH]2)cc1)N1CCOC[C@@H]1[C@@H]1CCC[C@H]1O. The highest BCUT2D eigenvalue weighted by atomic mass is 16.5. The van der Waals surface area contributed by atoms with Crippen molar-refractivity contribution in [2.45, 2.75) is 31.4 Å². The van der Waals surface area contributed by atoms with Crippen LogP contribution in [0.3, 0.4) is 0 Å². The van der Waals surface area contributed by atoms with Gasteiger partial charge < -0.3 is 14.7 Å². The Kier molecular flexibility index (Phi) is 4.50. The van der Waals surface area contributed by atoms with Crippen molar-refractivity contribution in [2.75, 3.05) is 19.8 Å². The van der Waals surface area contributed by atoms with Gasteiger partial charge in [-0.25, -0.2) is 4.98 Å². The Morgan fingerprint density at radius 2 is 2.12 bits per heavy atom. The molecule has 1 amide bonds. The highest BCUT2D eigenvalue weighted by molar-refractivity contribution is 5.95. The average molecular weight is 342 g/mol. The van der Waals surface area contributed by atoms with Gasteiger partial charge in [0.2, 0.25) is 0 Å². The highest BCUT2D eigenvalue weighted by Crippen LogP contribution is 2.33. The Bertz CT molecular complexity index is 716. The molecule has 2 fully saturated rings. The first-order valence-electron chi connectivity index (χ1n) is 8.76. The molecule has 2 aliphatic rings. The molecule has 2 heterocycles. The number of morpholine rings is 1. The van der Waals surface area contributed by atoms with Gasteiger partial charge in [0.25, 0.3) is 5.91 Å². The van der Waals surface area contributed by atoms with Gasteiger partial charge in [-0.2, -0.15) is 5.10 Å². The smallest absolute Gasteiger partial charge is 0.254 e. The van der Waals surface area contributed by atoms with Crippen LogP contribution in [0.2, 0.25) is 0 Å². The number of nitrogens with zero attached hydrogens (tertiary/aromatic N) is 3. The highest BCUT2D eigenvalue weighted by Gasteiger charge is 2.39. The van der Waals surface area contributed by atoms with Gasteiger partial charge in [0.1, 0.15) is 6.33 Å². The van der Waals surface area contributed by atoms with E-state index < -0.39 is 0 Å². The number of aromatic nitrogens is 3. The standard InChI is InChI=1S/C18H22N4O3/c23-16-3-1-2-14(16)15-10-25-9-8-22(15)18(24)13-6-4-12(5-7-13)17-19-11-20-21-17/h4-7,11,14-16,23H,1-3,8-10H2,(H,19,20,21)/t14-,15+,16+/m0/s1. The molecule has 25 heavy (non-hydrogen) atoms. The summed E-state index contributed by atoms with van der Waals surface area (Å²) in [4.78, 5) is 19.0. The third-order valence-electron chi connectivity index (χ3n) is 5.27. The molecule has 7 nitrogen and oxygen atoms in total. The van der Waals surface area contributed by atoms with Gasteiger partial charge in [-0.05, 0) is 25.0 Å². The lowest BCUT2D eigenvalue weighted by Gasteiger charge is -2.40. The number of hydrogen-bond donors (Lipinski definition) is 2. The number of nitrogens with one attached hydrogen (secondary N) is 1. The summed E-state index contributed by atoms with van der Waals surface area (Å²) < 4.78 is 5.60. The van der Waals surface area contributed by atoms with E-state index in [1.807, 2.05) is 29.2 Å². The summed E-state index contributed by atoms with van der Waals surface area (Å²) in [6.45, 7) is 1.61. The lowest BCUT2D eigenvalue weighted by Crippen LogP contribution is -2.53. The second-order valence-corrected chi connectivity index (χ2v) is 6.71. The van der Waals surface area contributed by atoms with E-state index in [0.717, 1.165) is 24.8 Å². The molecule has 2 aromatic rings. The van der Waals surface area contributed by atoms with Crippen LogP contribution in [0.15, 0.2) is 30.6 Å². The fourth-order valence-corrected chi connectivity index (χ4v) is 3.93. The monoisotopic (exact) mass is 342 g/mol. The fourth-order valence-electron chi connectivity index (χ4n) is 3.93. The number of carbonyl (C=O) groups is 1. The molecule has 1 saturated carbocycles. The van der Waals surface area contributed by atoms with E-state index in [0.29, 0.717) is 31.1 Å². The predicted octanol–water partition coefficient (Wildman–Crippen LogP) is 1.47. The van der Waals surface area contributed by atoms with Crippen LogP contribution in [-0.2, 0) is 4.74 Å². The zero-order chi connectivity index (χ0) is 17.2. The lowest BCUT2D eigenvalue weighted by atomic mass is 9.93. The van der Waals surface area contributed by atoms with Gasteiger partial charge >= 0.3 is 0 Å². The normalized spacial score (nSPS) is 26.8. The van der Waals surface area contributed by atoms with Gasteiger partial charge in [-0.3, -0.25) is 9.89 Å². The van der Waals surface area contributed by atoms with Crippen LogP contribution in [0.1, 0.15) is 29.6 Å². The number of amides is 1. The van der Waals surface area contributed by atoms with Crippen LogP contribution in [0.4, 0.5) is 0 Å². The number of aliphatic hydroxyl groups excluding tert-OH is 1. The Morgan fingerprint density at radius 3 is 2.80 bits per heavy atom. The first-order valence-corrected chi connectivity index (χ1v) is 8.76. The fraction of sp³-hybridized carbons (Fsp3) is 0.500. The predicted molar refractivity (Wildman–Crippen MR) is 90.8 cm³/mol. The Morgan fingerprint density at radius 1 is 1.28 bits per heavy atom. The first kappa shape index (κ1) is 16.2. The van der Waals surface area contributed by atoms with Crippen molar-refractivity contribution in [1.82, 2.24) is 20.1 Å². The molecule has 1 aromatic heterocycles. The molecule has 7 heteroatoms. The summed E-state index contributed by atoms with van der Waals surface area (Å²) >= 11 is 0. The minimum Gasteiger partial charge on any atom is -0.393 e. The number of benzene rings is 1. The summed E-state index contributed by atoms with van der Waals surface area (Å²) in [6.07, 6.45) is 3.89. The molecule has 0 radical (unpaired) electrons. The number of rotatable bonds is 3. The molecule has 3 atom stereocenters. The largest absolute Gasteiger partial charge is 0.393 e. The summed E-state index contributed by atoms with van der Waals surface area (Å²) in [5.74, 6) is 0.784. The van der Waals surface area contributed by atoms with Crippen LogP contribution in [0, 0.1) is 5.92 Å². The summed E-state index contributed by atoms with van der Waals surface area (Å²) in [6, 6.07) is 7.32. The van der Waals surface area contributed by atoms with Gasteiger partial charge in [0.15, 0.2) is 5.82 Å². The minimum absolute atomic E-state index is 0.00322. The third-order valence-corrected chi connectivity index (χ3v) is 5.27. The van der Waals surface area contributed by atoms with Gasteiger partial charge in [0.05, 0.1) is 25.4 Å². The number of hydrogen-bond acceptors (Lipinski definition) is 5. The van der Waals surface area contributed by atoms with Crippen LogP contribution >= 0.6 is 0 Å². The van der Waals surface area contributed by atoms with Gasteiger partial charge in [-0.15, -0.1) is 0 Å². The van der Waals surface area contributed by atoms with Crippen molar-refractivity contribution in [3.8, 4) is 11.4 Å². The molecule has 4 rings (SSSR count). The quantitative estimate of drug-likeness (QED) is 0.881. The molecule has 1 aromatic carbocycles. The van der Waals surface area contributed by atoms with E-state index in [4.69, 9.17) is 4.74 Å². The van der Waals surface area contributed by atoms with Crippen molar-refractivity contribution < 1.29 is 14.6 Å². The second kappa shape index (κ2) is 6.93. The molecule has 1 saturated heterocycles. The first-order chi connectivity index (χ1) is 12.2. The van der Waals surface area contributed by atoms with Crippen LogP contribution < -0.4 is 0 Å². The van der Waals surface area contributed by atoms with Crippen molar-refractivity contribution in [3.05, 3.63) is 36.2 Å². The summed E-state index contributed by atoms with van der Waals surface area (Å²) in [7, 11) is 0. The molecule has 132 valence electrons. The average Bonchev–Trinajstić information content (AvgIpc) is 3.33. The zero-order valence-corrected chi connectivity index (χ0v) is 14.0. The molecular formula is C18H22N4O3. The van der Waals surface area contributed by atoms with Gasteiger partial charge in [-0.1, -0.05) is 18.6 Å². The van der Waals surface area contributed by atoms with E-state index in [1.54, 1.807) is 0 Å². The van der Waals surface area contributed by atoms with Crippen molar-refractivity contribution in [2.24, 2.45) is 5.92 Å². The third kappa shape index (κ3) is 3.17. The number of ether oxygens (including phenoxy) is 1. The van der Waals surface area contributed by atoms with Gasteiger partial charge in [0, 0.05) is 23.6 Å².